The van der Waals surface area contributed by atoms with E-state index in [0.29, 0.717) is 19.0 Å². The Bertz CT molecular complexity index is 282. The van der Waals surface area contributed by atoms with Crippen molar-refractivity contribution in [3.05, 3.63) is 0 Å². The van der Waals surface area contributed by atoms with Gasteiger partial charge in [0, 0.05) is 19.1 Å². The maximum absolute atomic E-state index is 11.1. The van der Waals surface area contributed by atoms with Crippen molar-refractivity contribution in [1.29, 1.82) is 0 Å². The van der Waals surface area contributed by atoms with Gasteiger partial charge in [-0.2, -0.15) is 0 Å². The molecule has 0 amide bonds. The van der Waals surface area contributed by atoms with Gasteiger partial charge in [-0.15, -0.1) is 0 Å². The lowest BCUT2D eigenvalue weighted by molar-refractivity contribution is -0.142. The van der Waals surface area contributed by atoms with Crippen LogP contribution in [0, 0.1) is 5.92 Å². The van der Waals surface area contributed by atoms with Gasteiger partial charge < -0.3 is 10.8 Å². The standard InChI is InChI=1S/C12H22N2O2/c1-2-9-4-3-5-10(9)14-7-6-12(13,8-14)11(15)16/h9-10H,2-8,13H2,1H3,(H,15,16). The molecule has 3 atom stereocenters. The van der Waals surface area contributed by atoms with Crippen LogP contribution in [0.2, 0.25) is 0 Å². The van der Waals surface area contributed by atoms with Gasteiger partial charge in [0.25, 0.3) is 0 Å². The van der Waals surface area contributed by atoms with Crippen molar-refractivity contribution >= 4 is 5.97 Å². The Morgan fingerprint density at radius 1 is 1.56 bits per heavy atom. The number of carboxylic acids is 1. The van der Waals surface area contributed by atoms with Crippen LogP contribution in [0.4, 0.5) is 0 Å². The molecule has 16 heavy (non-hydrogen) atoms. The number of nitrogens with zero attached hydrogens (tertiary/aromatic N) is 1. The minimum Gasteiger partial charge on any atom is -0.480 e. The smallest absolute Gasteiger partial charge is 0.325 e. The predicted octanol–water partition coefficient (Wildman–Crippen LogP) is 1.05. The Kier molecular flexibility index (Phi) is 3.22. The summed E-state index contributed by atoms with van der Waals surface area (Å²) < 4.78 is 0. The lowest BCUT2D eigenvalue weighted by Crippen LogP contribution is -2.51. The molecule has 3 unspecified atom stereocenters. The van der Waals surface area contributed by atoms with Crippen LogP contribution in [0.3, 0.4) is 0 Å². The summed E-state index contributed by atoms with van der Waals surface area (Å²) in [6.45, 7) is 3.61. The molecule has 3 N–H and O–H groups in total. The largest absolute Gasteiger partial charge is 0.480 e. The second-order valence-electron chi connectivity index (χ2n) is 5.35. The first kappa shape index (κ1) is 11.9. The second-order valence-corrected chi connectivity index (χ2v) is 5.35. The predicted molar refractivity (Wildman–Crippen MR) is 62.2 cm³/mol. The van der Waals surface area contributed by atoms with Crippen LogP contribution in [-0.4, -0.2) is 40.6 Å². The number of hydrogen-bond acceptors (Lipinski definition) is 3. The molecule has 4 heteroatoms. The van der Waals surface area contributed by atoms with E-state index in [2.05, 4.69) is 11.8 Å². The third-order valence-corrected chi connectivity index (χ3v) is 4.37. The van der Waals surface area contributed by atoms with Crippen LogP contribution in [0.5, 0.6) is 0 Å². The monoisotopic (exact) mass is 226 g/mol. The lowest BCUT2D eigenvalue weighted by atomic mass is 9.98. The topological polar surface area (TPSA) is 66.6 Å². The average Bonchev–Trinajstić information content (AvgIpc) is 2.83. The molecule has 1 aliphatic heterocycles. The maximum Gasteiger partial charge on any atom is 0.325 e. The van der Waals surface area contributed by atoms with Crippen molar-refractivity contribution in [1.82, 2.24) is 4.90 Å². The fourth-order valence-electron chi connectivity index (χ4n) is 3.30. The number of hydrogen-bond donors (Lipinski definition) is 2. The van der Waals surface area contributed by atoms with Crippen LogP contribution >= 0.6 is 0 Å². The molecule has 0 radical (unpaired) electrons. The van der Waals surface area contributed by atoms with Crippen molar-refractivity contribution in [3.8, 4) is 0 Å². The molecular weight excluding hydrogens is 204 g/mol. The zero-order valence-corrected chi connectivity index (χ0v) is 9.98. The highest BCUT2D eigenvalue weighted by Gasteiger charge is 2.45. The van der Waals surface area contributed by atoms with Crippen LogP contribution in [0.1, 0.15) is 39.0 Å². The number of carboxylic acid groups (broad SMARTS) is 1. The molecule has 1 aliphatic carbocycles. The second kappa shape index (κ2) is 4.34. The highest BCUT2D eigenvalue weighted by atomic mass is 16.4. The van der Waals surface area contributed by atoms with Gasteiger partial charge in [0.2, 0.25) is 0 Å². The fourth-order valence-corrected chi connectivity index (χ4v) is 3.30. The van der Waals surface area contributed by atoms with Crippen molar-refractivity contribution in [2.75, 3.05) is 13.1 Å². The number of rotatable bonds is 3. The van der Waals surface area contributed by atoms with Crippen LogP contribution in [0.15, 0.2) is 0 Å². The molecule has 1 saturated carbocycles. The zero-order valence-electron chi connectivity index (χ0n) is 9.98. The molecule has 2 fully saturated rings. The van der Waals surface area contributed by atoms with Gasteiger partial charge in [0.05, 0.1) is 0 Å². The normalized spacial score (nSPS) is 40.4. The first-order valence-electron chi connectivity index (χ1n) is 6.33. The Balaban J connectivity index is 2.00. The first-order chi connectivity index (χ1) is 7.57. The quantitative estimate of drug-likeness (QED) is 0.755. The summed E-state index contributed by atoms with van der Waals surface area (Å²) in [7, 11) is 0. The van der Waals surface area contributed by atoms with E-state index >= 15 is 0 Å². The molecule has 0 aromatic heterocycles. The molecule has 0 bridgehead atoms. The minimum atomic E-state index is -0.999. The summed E-state index contributed by atoms with van der Waals surface area (Å²) in [4.78, 5) is 13.4. The minimum absolute atomic E-state index is 0.531. The molecule has 92 valence electrons. The van der Waals surface area contributed by atoms with Crippen molar-refractivity contribution < 1.29 is 9.90 Å². The molecule has 0 spiro atoms. The molecule has 0 aromatic carbocycles. The van der Waals surface area contributed by atoms with Crippen molar-refractivity contribution in [2.24, 2.45) is 11.7 Å². The maximum atomic E-state index is 11.1. The summed E-state index contributed by atoms with van der Waals surface area (Å²) in [5, 5.41) is 9.10. The van der Waals surface area contributed by atoms with E-state index in [0.717, 1.165) is 12.5 Å². The van der Waals surface area contributed by atoms with E-state index in [9.17, 15) is 4.79 Å². The Labute approximate surface area is 96.8 Å². The molecule has 0 aromatic rings. The molecule has 1 saturated heterocycles. The van der Waals surface area contributed by atoms with Gasteiger partial charge in [0.15, 0.2) is 0 Å². The van der Waals surface area contributed by atoms with E-state index in [1.807, 2.05) is 0 Å². The Morgan fingerprint density at radius 3 is 2.88 bits per heavy atom. The van der Waals surface area contributed by atoms with Crippen LogP contribution in [-0.2, 0) is 4.79 Å². The third-order valence-electron chi connectivity index (χ3n) is 4.37. The number of aliphatic carboxylic acids is 1. The summed E-state index contributed by atoms with van der Waals surface area (Å²) in [5.74, 6) is -0.0998. The molecule has 1 heterocycles. The summed E-state index contributed by atoms with van der Waals surface area (Å²) in [6.07, 6.45) is 5.59. The third kappa shape index (κ3) is 1.96. The van der Waals surface area contributed by atoms with E-state index in [4.69, 9.17) is 10.8 Å². The van der Waals surface area contributed by atoms with Crippen LogP contribution < -0.4 is 5.73 Å². The van der Waals surface area contributed by atoms with Gasteiger partial charge >= 0.3 is 5.97 Å². The number of likely N-dealkylation sites (tertiary alicyclic amines) is 1. The SMILES string of the molecule is CCC1CCCC1N1CCC(N)(C(=O)O)C1. The average molecular weight is 226 g/mol. The van der Waals surface area contributed by atoms with E-state index in [1.165, 1.54) is 25.7 Å². The molecule has 2 aliphatic rings. The highest BCUT2D eigenvalue weighted by molar-refractivity contribution is 5.79. The van der Waals surface area contributed by atoms with E-state index in [-0.39, 0.29) is 0 Å². The van der Waals surface area contributed by atoms with Gasteiger partial charge in [-0.1, -0.05) is 19.8 Å². The molecular formula is C12H22N2O2. The number of carbonyl (C=O) groups is 1. The van der Waals surface area contributed by atoms with Crippen LogP contribution in [0.25, 0.3) is 0 Å². The Morgan fingerprint density at radius 2 is 2.31 bits per heavy atom. The van der Waals surface area contributed by atoms with E-state index < -0.39 is 11.5 Å². The molecule has 2 rings (SSSR count). The van der Waals surface area contributed by atoms with Gasteiger partial charge in [-0.3, -0.25) is 9.69 Å². The lowest BCUT2D eigenvalue weighted by Gasteiger charge is -2.29. The summed E-state index contributed by atoms with van der Waals surface area (Å²) in [5.41, 5.74) is 4.91. The van der Waals surface area contributed by atoms with E-state index in [1.54, 1.807) is 0 Å². The zero-order chi connectivity index (χ0) is 11.8. The van der Waals surface area contributed by atoms with Gasteiger partial charge in [0.1, 0.15) is 5.54 Å². The van der Waals surface area contributed by atoms with Crippen molar-refractivity contribution in [3.63, 3.8) is 0 Å². The van der Waals surface area contributed by atoms with Crippen molar-refractivity contribution in [2.45, 2.75) is 50.6 Å². The van der Waals surface area contributed by atoms with Gasteiger partial charge in [-0.05, 0) is 25.2 Å². The Hall–Kier alpha value is -0.610. The molecule has 4 nitrogen and oxygen atoms in total. The summed E-state index contributed by atoms with van der Waals surface area (Å²) in [6, 6.07) is 0.578. The van der Waals surface area contributed by atoms with Gasteiger partial charge in [-0.25, -0.2) is 0 Å². The number of nitrogens with two attached hydrogens (primary N) is 1. The fraction of sp³-hybridized carbons (Fsp3) is 0.917. The summed E-state index contributed by atoms with van der Waals surface area (Å²) >= 11 is 0. The highest BCUT2D eigenvalue weighted by Crippen LogP contribution is 2.35. The first-order valence-corrected chi connectivity index (χ1v) is 6.33.